The molecule has 0 bridgehead atoms. The molecule has 0 saturated heterocycles. The summed E-state index contributed by atoms with van der Waals surface area (Å²) >= 11 is 3.31. The van der Waals surface area contributed by atoms with E-state index in [1.807, 2.05) is 6.92 Å². The van der Waals surface area contributed by atoms with Crippen LogP contribution in [0.5, 0.6) is 5.75 Å². The van der Waals surface area contributed by atoms with Crippen molar-refractivity contribution < 1.29 is 18.3 Å². The quantitative estimate of drug-likeness (QED) is 0.786. The van der Waals surface area contributed by atoms with E-state index in [0.29, 0.717) is 16.8 Å². The van der Waals surface area contributed by atoms with Crippen LogP contribution >= 0.6 is 15.9 Å². The zero-order chi connectivity index (χ0) is 14.5. The molecule has 1 rings (SSSR count). The summed E-state index contributed by atoms with van der Waals surface area (Å²) < 4.78 is 32.5. The third kappa shape index (κ3) is 5.10. The molecular weight excluding hydrogens is 334 g/mol. The van der Waals surface area contributed by atoms with Crippen LogP contribution in [-0.4, -0.2) is 32.8 Å². The zero-order valence-electron chi connectivity index (χ0n) is 10.9. The van der Waals surface area contributed by atoms with Crippen LogP contribution in [0.3, 0.4) is 0 Å². The molecule has 0 saturated carbocycles. The van der Waals surface area contributed by atoms with Gasteiger partial charge in [-0.25, -0.2) is 13.1 Å². The second-order valence-corrected chi connectivity index (χ2v) is 6.76. The van der Waals surface area contributed by atoms with E-state index >= 15 is 0 Å². The number of nitrogens with one attached hydrogen (secondary N) is 1. The van der Waals surface area contributed by atoms with Crippen molar-refractivity contribution in [3.63, 3.8) is 0 Å². The van der Waals surface area contributed by atoms with Gasteiger partial charge < -0.3 is 9.84 Å². The summed E-state index contributed by atoms with van der Waals surface area (Å²) in [6.45, 7) is 3.98. The molecule has 0 aliphatic heterocycles. The Morgan fingerprint density at radius 1 is 1.47 bits per heavy atom. The van der Waals surface area contributed by atoms with Crippen molar-refractivity contribution in [1.82, 2.24) is 4.72 Å². The minimum Gasteiger partial charge on any atom is -0.492 e. The van der Waals surface area contributed by atoms with Crippen LogP contribution in [0, 0.1) is 0 Å². The van der Waals surface area contributed by atoms with E-state index in [9.17, 15) is 8.42 Å². The Morgan fingerprint density at radius 3 is 2.74 bits per heavy atom. The highest BCUT2D eigenvalue weighted by atomic mass is 79.9. The third-order valence-electron chi connectivity index (χ3n) is 2.24. The summed E-state index contributed by atoms with van der Waals surface area (Å²) in [5.41, 5.74) is 0. The number of aliphatic hydroxyl groups excluding tert-OH is 1. The van der Waals surface area contributed by atoms with Gasteiger partial charge >= 0.3 is 0 Å². The van der Waals surface area contributed by atoms with Gasteiger partial charge in [0.25, 0.3) is 0 Å². The molecular formula is C12H18BrNO4S. The van der Waals surface area contributed by atoms with E-state index in [2.05, 4.69) is 20.7 Å². The highest BCUT2D eigenvalue weighted by Crippen LogP contribution is 2.28. The van der Waals surface area contributed by atoms with Crippen molar-refractivity contribution >= 4 is 26.0 Å². The van der Waals surface area contributed by atoms with Crippen LogP contribution in [0.2, 0.25) is 0 Å². The number of aliphatic hydroxyl groups is 1. The van der Waals surface area contributed by atoms with E-state index in [1.165, 1.54) is 19.1 Å². The van der Waals surface area contributed by atoms with E-state index in [0.717, 1.165) is 6.42 Å². The lowest BCUT2D eigenvalue weighted by atomic mass is 10.3. The first-order valence-corrected chi connectivity index (χ1v) is 8.24. The predicted molar refractivity (Wildman–Crippen MR) is 76.8 cm³/mol. The maximum Gasteiger partial charge on any atom is 0.240 e. The summed E-state index contributed by atoms with van der Waals surface area (Å²) in [6.07, 6.45) is 0.102. The summed E-state index contributed by atoms with van der Waals surface area (Å²) in [7, 11) is -3.63. The van der Waals surface area contributed by atoms with Gasteiger partial charge in [-0.3, -0.25) is 0 Å². The van der Waals surface area contributed by atoms with Gasteiger partial charge in [-0.15, -0.1) is 0 Å². The first-order chi connectivity index (χ1) is 8.86. The van der Waals surface area contributed by atoms with Crippen LogP contribution in [0.15, 0.2) is 27.6 Å². The number of benzene rings is 1. The minimum absolute atomic E-state index is 0.0243. The van der Waals surface area contributed by atoms with Crippen molar-refractivity contribution in [1.29, 1.82) is 0 Å². The molecule has 0 fully saturated rings. The lowest BCUT2D eigenvalue weighted by molar-refractivity contribution is 0.198. The topological polar surface area (TPSA) is 75.6 Å². The summed E-state index contributed by atoms with van der Waals surface area (Å²) in [4.78, 5) is 0.113. The van der Waals surface area contributed by atoms with Crippen molar-refractivity contribution in [2.45, 2.75) is 31.3 Å². The Bertz CT molecular complexity index is 516. The molecule has 2 N–H and O–H groups in total. The monoisotopic (exact) mass is 351 g/mol. The second-order valence-electron chi connectivity index (χ2n) is 4.14. The maximum absolute atomic E-state index is 12.0. The fraction of sp³-hybridized carbons (Fsp3) is 0.500. The lowest BCUT2D eigenvalue weighted by Crippen LogP contribution is -2.30. The Kier molecular flexibility index (Phi) is 6.25. The van der Waals surface area contributed by atoms with Crippen molar-refractivity contribution in [3.05, 3.63) is 22.7 Å². The fourth-order valence-corrected chi connectivity index (χ4v) is 2.78. The van der Waals surface area contributed by atoms with Gasteiger partial charge in [0.1, 0.15) is 5.75 Å². The molecule has 7 heteroatoms. The number of hydrogen-bond acceptors (Lipinski definition) is 4. The molecule has 0 unspecified atom stereocenters. The average Bonchev–Trinajstić information content (AvgIpc) is 2.35. The van der Waals surface area contributed by atoms with E-state index < -0.39 is 16.1 Å². The maximum atomic E-state index is 12.0. The molecule has 0 spiro atoms. The zero-order valence-corrected chi connectivity index (χ0v) is 13.3. The molecule has 0 radical (unpaired) electrons. The molecule has 0 aliphatic carbocycles. The molecule has 1 aromatic carbocycles. The Hall–Kier alpha value is -0.630. The minimum atomic E-state index is -3.63. The normalized spacial score (nSPS) is 13.3. The van der Waals surface area contributed by atoms with Gasteiger partial charge in [-0.2, -0.15) is 0 Å². The Balaban J connectivity index is 2.94. The molecule has 108 valence electrons. The molecule has 5 nitrogen and oxygen atoms in total. The van der Waals surface area contributed by atoms with Crippen molar-refractivity contribution in [2.24, 2.45) is 0 Å². The number of hydrogen-bond donors (Lipinski definition) is 2. The smallest absolute Gasteiger partial charge is 0.240 e. The Morgan fingerprint density at radius 2 is 2.16 bits per heavy atom. The SMILES string of the molecule is CCCOc1cc(S(=O)(=O)NC[C@@H](C)O)ccc1Br. The fourth-order valence-electron chi connectivity index (χ4n) is 1.29. The van der Waals surface area contributed by atoms with Crippen molar-refractivity contribution in [3.8, 4) is 5.75 Å². The number of sulfonamides is 1. The molecule has 0 aliphatic rings. The molecule has 0 heterocycles. The molecule has 1 aromatic rings. The van der Waals surface area contributed by atoms with Gasteiger partial charge in [0.05, 0.1) is 22.1 Å². The lowest BCUT2D eigenvalue weighted by Gasteiger charge is -2.11. The van der Waals surface area contributed by atoms with E-state index in [4.69, 9.17) is 9.84 Å². The van der Waals surface area contributed by atoms with Crippen LogP contribution in [-0.2, 0) is 10.0 Å². The van der Waals surface area contributed by atoms with E-state index in [-0.39, 0.29) is 11.4 Å². The first kappa shape index (κ1) is 16.4. The molecule has 1 atom stereocenters. The van der Waals surface area contributed by atoms with Crippen LogP contribution in [0.1, 0.15) is 20.3 Å². The van der Waals surface area contributed by atoms with Gasteiger partial charge in [0, 0.05) is 12.6 Å². The van der Waals surface area contributed by atoms with Gasteiger partial charge in [-0.1, -0.05) is 6.92 Å². The van der Waals surface area contributed by atoms with Crippen molar-refractivity contribution in [2.75, 3.05) is 13.2 Å². The van der Waals surface area contributed by atoms with Gasteiger partial charge in [-0.05, 0) is 41.4 Å². The molecule has 0 amide bonds. The Labute approximate surface area is 122 Å². The van der Waals surface area contributed by atoms with E-state index in [1.54, 1.807) is 6.07 Å². The standard InChI is InChI=1S/C12H18BrNO4S/c1-3-6-18-12-7-10(4-5-11(12)13)19(16,17)14-8-9(2)15/h4-5,7,9,14-15H,3,6,8H2,1-2H3/t9-/m1/s1. The number of halogens is 1. The predicted octanol–water partition coefficient (Wildman–Crippen LogP) is 1.90. The van der Waals surface area contributed by atoms with Crippen LogP contribution in [0.4, 0.5) is 0 Å². The van der Waals surface area contributed by atoms with Gasteiger partial charge in [0.2, 0.25) is 10.0 Å². The summed E-state index contributed by atoms with van der Waals surface area (Å²) in [6, 6.07) is 4.57. The third-order valence-corrected chi connectivity index (χ3v) is 4.32. The average molecular weight is 352 g/mol. The van der Waals surface area contributed by atoms with Crippen LogP contribution in [0.25, 0.3) is 0 Å². The first-order valence-electron chi connectivity index (χ1n) is 5.97. The van der Waals surface area contributed by atoms with Gasteiger partial charge in [0.15, 0.2) is 0 Å². The second kappa shape index (κ2) is 7.23. The van der Waals surface area contributed by atoms with Crippen LogP contribution < -0.4 is 9.46 Å². The summed E-state index contributed by atoms with van der Waals surface area (Å²) in [5, 5.41) is 9.12. The number of ether oxygens (including phenoxy) is 1. The number of rotatable bonds is 7. The highest BCUT2D eigenvalue weighted by molar-refractivity contribution is 9.10. The molecule has 0 aromatic heterocycles. The molecule has 19 heavy (non-hydrogen) atoms. The largest absolute Gasteiger partial charge is 0.492 e. The summed E-state index contributed by atoms with van der Waals surface area (Å²) in [5.74, 6) is 0.488. The highest BCUT2D eigenvalue weighted by Gasteiger charge is 2.16.